The summed E-state index contributed by atoms with van der Waals surface area (Å²) in [5, 5.41) is 0. The Hall–Kier alpha value is -2.26. The fraction of sp³-hybridized carbons (Fsp3) is 0.360. The van der Waals surface area contributed by atoms with Crippen molar-refractivity contribution in [2.24, 2.45) is 0 Å². The summed E-state index contributed by atoms with van der Waals surface area (Å²) in [7, 11) is 0. The van der Waals surface area contributed by atoms with E-state index in [1.54, 1.807) is 0 Å². The molecular weight excluding hydrogens is 300 g/mol. The topological polar surface area (TPSA) is 0 Å². The lowest BCUT2D eigenvalue weighted by Crippen LogP contribution is -1.85. The number of benzene rings is 2. The summed E-state index contributed by atoms with van der Waals surface area (Å²) >= 11 is 0. The second-order valence-corrected chi connectivity index (χ2v) is 6.55. The number of unbranched alkanes of at least 4 members (excludes halogenated alkanes) is 2. The van der Waals surface area contributed by atoms with Crippen molar-refractivity contribution in [3.05, 3.63) is 82.9 Å². The van der Waals surface area contributed by atoms with Crippen LogP contribution in [0.15, 0.2) is 60.7 Å². The molecule has 0 aromatic heterocycles. The summed E-state index contributed by atoms with van der Waals surface area (Å²) in [6.45, 7) is 4.44. The third-order valence-corrected chi connectivity index (χ3v) is 4.30. The largest absolute Gasteiger partial charge is 0.0885 e. The Morgan fingerprint density at radius 3 is 1.68 bits per heavy atom. The minimum atomic E-state index is 1.08. The third kappa shape index (κ3) is 7.44. The predicted octanol–water partition coefficient (Wildman–Crippen LogP) is 6.72. The minimum Gasteiger partial charge on any atom is -0.0885 e. The molecule has 0 saturated heterocycles. The van der Waals surface area contributed by atoms with Crippen molar-refractivity contribution in [1.82, 2.24) is 0 Å². The van der Waals surface area contributed by atoms with E-state index in [2.05, 4.69) is 86.4 Å². The molecule has 25 heavy (non-hydrogen) atoms. The van der Waals surface area contributed by atoms with Crippen LogP contribution in [0.25, 0.3) is 0 Å². The second-order valence-electron chi connectivity index (χ2n) is 6.55. The molecule has 0 aliphatic rings. The van der Waals surface area contributed by atoms with Crippen LogP contribution in [0.2, 0.25) is 0 Å². The maximum absolute atomic E-state index is 3.27. The van der Waals surface area contributed by atoms with Crippen LogP contribution in [0.3, 0.4) is 0 Å². The monoisotopic (exact) mass is 330 g/mol. The van der Waals surface area contributed by atoms with Gasteiger partial charge in [0.2, 0.25) is 0 Å². The fourth-order valence-corrected chi connectivity index (χ4v) is 2.69. The van der Waals surface area contributed by atoms with Gasteiger partial charge < -0.3 is 0 Å². The summed E-state index contributed by atoms with van der Waals surface area (Å²) < 4.78 is 0. The smallest absolute Gasteiger partial charge is 0.0249 e. The Balaban J connectivity index is 1.87. The third-order valence-electron chi connectivity index (χ3n) is 4.30. The molecule has 130 valence electrons. The molecule has 0 atom stereocenters. The number of rotatable bonds is 8. The lowest BCUT2D eigenvalue weighted by Gasteiger charge is -2.00. The van der Waals surface area contributed by atoms with Gasteiger partial charge in [-0.15, -0.1) is 0 Å². The van der Waals surface area contributed by atoms with Gasteiger partial charge in [0.25, 0.3) is 0 Å². The SMILES string of the molecule is CCCC=CCCc1ccc(C#Cc2ccc(CCCC)cc2)cc1. The Labute approximate surface area is 154 Å². The summed E-state index contributed by atoms with van der Waals surface area (Å²) in [5.74, 6) is 6.54. The lowest BCUT2D eigenvalue weighted by molar-refractivity contribution is 0.795. The van der Waals surface area contributed by atoms with Gasteiger partial charge in [-0.1, -0.05) is 74.9 Å². The van der Waals surface area contributed by atoms with E-state index in [0.29, 0.717) is 0 Å². The van der Waals surface area contributed by atoms with E-state index in [9.17, 15) is 0 Å². The summed E-state index contributed by atoms with van der Waals surface area (Å²) in [6, 6.07) is 17.3. The van der Waals surface area contributed by atoms with E-state index >= 15 is 0 Å². The van der Waals surface area contributed by atoms with Crippen LogP contribution in [0, 0.1) is 11.8 Å². The lowest BCUT2D eigenvalue weighted by atomic mass is 10.1. The van der Waals surface area contributed by atoms with Gasteiger partial charge in [0.1, 0.15) is 0 Å². The number of hydrogen-bond donors (Lipinski definition) is 0. The van der Waals surface area contributed by atoms with Crippen LogP contribution in [0.1, 0.15) is 68.2 Å². The zero-order chi connectivity index (χ0) is 17.7. The van der Waals surface area contributed by atoms with Gasteiger partial charge in [0.05, 0.1) is 0 Å². The Kier molecular flexibility index (Phi) is 8.64. The molecule has 2 aromatic carbocycles. The van der Waals surface area contributed by atoms with Crippen LogP contribution >= 0.6 is 0 Å². The average Bonchev–Trinajstić information content (AvgIpc) is 2.66. The first-order chi connectivity index (χ1) is 12.3. The van der Waals surface area contributed by atoms with Crippen molar-refractivity contribution in [3.63, 3.8) is 0 Å². The maximum Gasteiger partial charge on any atom is 0.0249 e. The molecule has 0 N–H and O–H groups in total. The van der Waals surface area contributed by atoms with Crippen LogP contribution in [0.5, 0.6) is 0 Å². The molecule has 0 unspecified atom stereocenters. The van der Waals surface area contributed by atoms with Gasteiger partial charge in [-0.05, 0) is 67.5 Å². The second kappa shape index (κ2) is 11.3. The fourth-order valence-electron chi connectivity index (χ4n) is 2.69. The normalized spacial score (nSPS) is 10.6. The molecule has 0 heterocycles. The number of hydrogen-bond acceptors (Lipinski definition) is 0. The van der Waals surface area contributed by atoms with Gasteiger partial charge in [-0.2, -0.15) is 0 Å². The molecule has 0 saturated carbocycles. The van der Waals surface area contributed by atoms with E-state index in [1.165, 1.54) is 43.2 Å². The van der Waals surface area contributed by atoms with E-state index in [-0.39, 0.29) is 0 Å². The minimum absolute atomic E-state index is 1.08. The Morgan fingerprint density at radius 1 is 0.640 bits per heavy atom. The molecule has 0 fully saturated rings. The standard InChI is InChI=1S/C25H30/c1-3-5-7-8-9-11-23-14-18-25(19-15-23)21-20-24-16-12-22(13-17-24)10-6-4-2/h7-8,12-19H,3-6,9-11H2,1-2H3. The molecule has 0 nitrogen and oxygen atoms in total. The highest BCUT2D eigenvalue weighted by atomic mass is 14.0. The zero-order valence-corrected chi connectivity index (χ0v) is 15.7. The van der Waals surface area contributed by atoms with E-state index in [1.807, 2.05) is 0 Å². The molecular formula is C25H30. The highest BCUT2D eigenvalue weighted by Gasteiger charge is 1.94. The molecule has 0 aliphatic carbocycles. The van der Waals surface area contributed by atoms with Crippen LogP contribution < -0.4 is 0 Å². The Bertz CT molecular complexity index is 690. The molecule has 2 aromatic rings. The van der Waals surface area contributed by atoms with Crippen LogP contribution in [-0.4, -0.2) is 0 Å². The van der Waals surface area contributed by atoms with Crippen molar-refractivity contribution < 1.29 is 0 Å². The first-order valence-electron chi connectivity index (χ1n) is 9.66. The van der Waals surface area contributed by atoms with Crippen molar-refractivity contribution >= 4 is 0 Å². The van der Waals surface area contributed by atoms with Gasteiger partial charge in [0, 0.05) is 11.1 Å². The van der Waals surface area contributed by atoms with Gasteiger partial charge >= 0.3 is 0 Å². The summed E-state index contributed by atoms with van der Waals surface area (Å²) in [6.07, 6.45) is 12.9. The molecule has 0 amide bonds. The van der Waals surface area contributed by atoms with Gasteiger partial charge in [-0.25, -0.2) is 0 Å². The molecule has 0 spiro atoms. The molecule has 0 bridgehead atoms. The maximum atomic E-state index is 3.27. The Morgan fingerprint density at radius 2 is 1.16 bits per heavy atom. The predicted molar refractivity (Wildman–Crippen MR) is 110 cm³/mol. The number of aryl methyl sites for hydroxylation is 2. The quantitative estimate of drug-likeness (QED) is 0.372. The molecule has 0 aliphatic heterocycles. The van der Waals surface area contributed by atoms with Crippen molar-refractivity contribution in [2.75, 3.05) is 0 Å². The summed E-state index contributed by atoms with van der Waals surface area (Å²) in [4.78, 5) is 0. The van der Waals surface area contributed by atoms with E-state index in [0.717, 1.165) is 24.0 Å². The van der Waals surface area contributed by atoms with Crippen molar-refractivity contribution in [1.29, 1.82) is 0 Å². The zero-order valence-electron chi connectivity index (χ0n) is 15.7. The summed E-state index contributed by atoms with van der Waals surface area (Å²) in [5.41, 5.74) is 4.96. The van der Waals surface area contributed by atoms with Crippen molar-refractivity contribution in [3.8, 4) is 11.8 Å². The molecule has 2 rings (SSSR count). The van der Waals surface area contributed by atoms with Crippen LogP contribution in [-0.2, 0) is 12.8 Å². The van der Waals surface area contributed by atoms with Crippen LogP contribution in [0.4, 0.5) is 0 Å². The highest BCUT2D eigenvalue weighted by Crippen LogP contribution is 2.09. The van der Waals surface area contributed by atoms with Crippen molar-refractivity contribution in [2.45, 2.75) is 58.8 Å². The van der Waals surface area contributed by atoms with Gasteiger partial charge in [0.15, 0.2) is 0 Å². The van der Waals surface area contributed by atoms with E-state index < -0.39 is 0 Å². The van der Waals surface area contributed by atoms with Gasteiger partial charge in [-0.3, -0.25) is 0 Å². The molecule has 0 heteroatoms. The first kappa shape index (κ1) is 19.1. The number of allylic oxidation sites excluding steroid dienone is 2. The van der Waals surface area contributed by atoms with E-state index in [4.69, 9.17) is 0 Å². The first-order valence-corrected chi connectivity index (χ1v) is 9.66. The average molecular weight is 331 g/mol. The molecule has 0 radical (unpaired) electrons. The highest BCUT2D eigenvalue weighted by molar-refractivity contribution is 5.44.